The van der Waals surface area contributed by atoms with Crippen LogP contribution in [0.2, 0.25) is 0 Å². The predicted molar refractivity (Wildman–Crippen MR) is 87.0 cm³/mol. The summed E-state index contributed by atoms with van der Waals surface area (Å²) in [5.41, 5.74) is 6.42. The number of amides is 1. The topological polar surface area (TPSA) is 58.4 Å². The molecular formula is C15H22FN3OS. The van der Waals surface area contributed by atoms with Crippen molar-refractivity contribution in [2.24, 2.45) is 0 Å². The van der Waals surface area contributed by atoms with Crippen LogP contribution in [-0.4, -0.2) is 40.4 Å². The van der Waals surface area contributed by atoms with Crippen LogP contribution in [-0.2, 0) is 4.79 Å². The highest BCUT2D eigenvalue weighted by molar-refractivity contribution is 8.00. The second-order valence-corrected chi connectivity index (χ2v) is 7.49. The molecule has 4 nitrogen and oxygen atoms in total. The Balaban J connectivity index is 2.02. The maximum atomic E-state index is 13.0. The van der Waals surface area contributed by atoms with Gasteiger partial charge in [0.2, 0.25) is 5.91 Å². The summed E-state index contributed by atoms with van der Waals surface area (Å²) in [6.45, 7) is 8.03. The maximum absolute atomic E-state index is 13.0. The molecule has 6 heteroatoms. The van der Waals surface area contributed by atoms with Crippen LogP contribution >= 0.6 is 11.8 Å². The van der Waals surface area contributed by atoms with Crippen LogP contribution in [0.5, 0.6) is 0 Å². The molecular weight excluding hydrogens is 289 g/mol. The Hall–Kier alpha value is -1.27. The van der Waals surface area contributed by atoms with Gasteiger partial charge in [0.15, 0.2) is 0 Å². The fraction of sp³-hybridized carbons (Fsp3) is 0.533. The van der Waals surface area contributed by atoms with Crippen molar-refractivity contribution in [3.8, 4) is 0 Å². The summed E-state index contributed by atoms with van der Waals surface area (Å²) < 4.78 is 13.0. The molecule has 116 valence electrons. The number of hydrogen-bond donors (Lipinski definition) is 2. The zero-order valence-electron chi connectivity index (χ0n) is 12.6. The van der Waals surface area contributed by atoms with Gasteiger partial charge in [0.25, 0.3) is 0 Å². The molecule has 0 aromatic heterocycles. The van der Waals surface area contributed by atoms with Gasteiger partial charge < -0.3 is 11.1 Å². The van der Waals surface area contributed by atoms with Crippen LogP contribution < -0.4 is 11.1 Å². The second kappa shape index (κ2) is 6.66. The van der Waals surface area contributed by atoms with Gasteiger partial charge in [0, 0.05) is 23.6 Å². The molecule has 1 aliphatic heterocycles. The lowest BCUT2D eigenvalue weighted by molar-refractivity contribution is -0.120. The van der Waals surface area contributed by atoms with Gasteiger partial charge in [-0.05, 0) is 25.1 Å². The second-order valence-electron chi connectivity index (χ2n) is 5.61. The number of nitrogens with zero attached hydrogens (tertiary/aromatic N) is 1. The molecule has 0 spiro atoms. The third-order valence-electron chi connectivity index (χ3n) is 3.65. The summed E-state index contributed by atoms with van der Waals surface area (Å²) in [4.78, 5) is 14.5. The summed E-state index contributed by atoms with van der Waals surface area (Å²) in [5, 5.41) is 3.81. The Morgan fingerprint density at radius 1 is 1.43 bits per heavy atom. The van der Waals surface area contributed by atoms with Gasteiger partial charge in [-0.1, -0.05) is 13.8 Å². The van der Waals surface area contributed by atoms with Gasteiger partial charge in [-0.2, -0.15) is 11.8 Å². The molecule has 21 heavy (non-hydrogen) atoms. The van der Waals surface area contributed by atoms with E-state index in [0.29, 0.717) is 16.2 Å². The van der Waals surface area contributed by atoms with Gasteiger partial charge >= 0.3 is 0 Å². The molecule has 0 bridgehead atoms. The van der Waals surface area contributed by atoms with Gasteiger partial charge in [0.05, 0.1) is 17.4 Å². The molecule has 1 fully saturated rings. The smallest absolute Gasteiger partial charge is 0.241 e. The van der Waals surface area contributed by atoms with E-state index >= 15 is 0 Å². The Morgan fingerprint density at radius 2 is 2.05 bits per heavy atom. The largest absolute Gasteiger partial charge is 0.397 e. The van der Waals surface area contributed by atoms with Crippen LogP contribution in [0.4, 0.5) is 15.8 Å². The Bertz CT molecular complexity index is 516. The number of rotatable bonds is 3. The fourth-order valence-electron chi connectivity index (χ4n) is 2.58. The first-order valence-electron chi connectivity index (χ1n) is 7.12. The average Bonchev–Trinajstić information content (AvgIpc) is 2.40. The number of hydrogen-bond acceptors (Lipinski definition) is 4. The van der Waals surface area contributed by atoms with E-state index in [1.54, 1.807) is 0 Å². The van der Waals surface area contributed by atoms with Crippen LogP contribution in [0.25, 0.3) is 0 Å². The van der Waals surface area contributed by atoms with Crippen molar-refractivity contribution in [2.45, 2.75) is 37.3 Å². The minimum absolute atomic E-state index is 0.111. The number of halogens is 1. The van der Waals surface area contributed by atoms with E-state index in [1.165, 1.54) is 18.2 Å². The Morgan fingerprint density at radius 3 is 2.62 bits per heavy atom. The number of anilines is 2. The van der Waals surface area contributed by atoms with E-state index in [1.807, 2.05) is 18.7 Å². The van der Waals surface area contributed by atoms with E-state index < -0.39 is 5.82 Å². The molecule has 1 saturated heterocycles. The lowest BCUT2D eigenvalue weighted by Gasteiger charge is -2.37. The van der Waals surface area contributed by atoms with E-state index in [4.69, 9.17) is 5.73 Å². The van der Waals surface area contributed by atoms with Crippen molar-refractivity contribution in [3.63, 3.8) is 0 Å². The number of thioether (sulfide) groups is 1. The average molecular weight is 311 g/mol. The molecule has 3 N–H and O–H groups in total. The van der Waals surface area contributed by atoms with Gasteiger partial charge in [0.1, 0.15) is 5.82 Å². The molecule has 0 aliphatic carbocycles. The zero-order valence-corrected chi connectivity index (χ0v) is 13.4. The maximum Gasteiger partial charge on any atom is 0.241 e. The molecule has 1 aromatic carbocycles. The van der Waals surface area contributed by atoms with Gasteiger partial charge in [-0.15, -0.1) is 0 Å². The lowest BCUT2D eigenvalue weighted by Crippen LogP contribution is -2.49. The molecule has 1 amide bonds. The zero-order chi connectivity index (χ0) is 15.6. The minimum atomic E-state index is -0.408. The monoisotopic (exact) mass is 311 g/mol. The molecule has 2 rings (SSSR count). The summed E-state index contributed by atoms with van der Waals surface area (Å²) in [6, 6.07) is 3.76. The van der Waals surface area contributed by atoms with E-state index in [-0.39, 0.29) is 17.6 Å². The van der Waals surface area contributed by atoms with Crippen LogP contribution in [0.3, 0.4) is 0 Å². The highest BCUT2D eigenvalue weighted by atomic mass is 32.2. The summed E-state index contributed by atoms with van der Waals surface area (Å²) in [5.74, 6) is -0.520. The van der Waals surface area contributed by atoms with Crippen molar-refractivity contribution in [1.29, 1.82) is 0 Å². The van der Waals surface area contributed by atoms with Gasteiger partial charge in [-0.25, -0.2) is 4.39 Å². The molecule has 3 atom stereocenters. The highest BCUT2D eigenvalue weighted by Gasteiger charge is 2.29. The Labute approximate surface area is 129 Å². The fourth-order valence-corrected chi connectivity index (χ4v) is 3.93. The van der Waals surface area contributed by atoms with Crippen LogP contribution in [0.1, 0.15) is 20.8 Å². The lowest BCUT2D eigenvalue weighted by atomic mass is 10.2. The summed E-state index contributed by atoms with van der Waals surface area (Å²) >= 11 is 1.95. The van der Waals surface area contributed by atoms with E-state index in [9.17, 15) is 9.18 Å². The van der Waals surface area contributed by atoms with Crippen molar-refractivity contribution in [3.05, 3.63) is 24.0 Å². The summed E-state index contributed by atoms with van der Waals surface area (Å²) in [6.07, 6.45) is 0. The van der Waals surface area contributed by atoms with Crippen molar-refractivity contribution >= 4 is 29.0 Å². The molecule has 1 aromatic rings. The number of nitrogen functional groups attached to an aromatic ring is 1. The first kappa shape index (κ1) is 16.1. The van der Waals surface area contributed by atoms with Crippen molar-refractivity contribution in [1.82, 2.24) is 4.90 Å². The van der Waals surface area contributed by atoms with E-state index in [2.05, 4.69) is 24.1 Å². The number of carbonyl (C=O) groups is 1. The molecule has 0 radical (unpaired) electrons. The number of nitrogens with one attached hydrogen (secondary N) is 1. The molecule has 3 unspecified atom stereocenters. The first-order chi connectivity index (χ1) is 9.86. The summed E-state index contributed by atoms with van der Waals surface area (Å²) in [7, 11) is 0. The van der Waals surface area contributed by atoms with Crippen molar-refractivity contribution < 1.29 is 9.18 Å². The molecule has 1 aliphatic rings. The number of nitrogens with two attached hydrogens (primary N) is 1. The normalized spacial score (nSPS) is 24.6. The SMILES string of the molecule is CC1CN(C(C)C(=O)Nc2ccc(F)cc2N)CC(C)S1. The van der Waals surface area contributed by atoms with Crippen LogP contribution in [0, 0.1) is 5.82 Å². The van der Waals surface area contributed by atoms with Crippen molar-refractivity contribution in [2.75, 3.05) is 24.1 Å². The van der Waals surface area contributed by atoms with Crippen LogP contribution in [0.15, 0.2) is 18.2 Å². The standard InChI is InChI=1S/C15H22FN3OS/c1-9-7-19(8-10(2)21-9)11(3)15(20)18-14-5-4-12(16)6-13(14)17/h4-6,9-11H,7-8,17H2,1-3H3,(H,18,20). The minimum Gasteiger partial charge on any atom is -0.397 e. The number of benzene rings is 1. The Kier molecular flexibility index (Phi) is 5.11. The molecule has 0 saturated carbocycles. The predicted octanol–water partition coefficient (Wildman–Crippen LogP) is 2.56. The van der Waals surface area contributed by atoms with E-state index in [0.717, 1.165) is 13.1 Å². The third-order valence-corrected chi connectivity index (χ3v) is 4.87. The highest BCUT2D eigenvalue weighted by Crippen LogP contribution is 2.26. The third kappa shape index (κ3) is 4.11. The molecule has 1 heterocycles. The quantitative estimate of drug-likeness (QED) is 0.842. The number of carbonyl (C=O) groups excluding carboxylic acids is 1. The first-order valence-corrected chi connectivity index (χ1v) is 8.06. The van der Waals surface area contributed by atoms with Gasteiger partial charge in [-0.3, -0.25) is 9.69 Å².